The molecule has 0 aliphatic rings. The molecule has 36 heavy (non-hydrogen) atoms. The van der Waals surface area contributed by atoms with Gasteiger partial charge in [0.15, 0.2) is 0 Å². The highest BCUT2D eigenvalue weighted by Crippen LogP contribution is 2.26. The van der Waals surface area contributed by atoms with Crippen LogP contribution in [0.5, 0.6) is 17.2 Å². The molecular weight excluding hydrogens is 458 g/mol. The SMILES string of the molecule is CCOc1ccc2[nH]c(=O)c(CN(Cc3ccccc3OC)C(=O)Nc3ccccc3OC)cc2c1. The number of rotatable bonds is 9. The average molecular weight is 488 g/mol. The first-order valence-electron chi connectivity index (χ1n) is 11.6. The number of benzene rings is 3. The molecule has 0 atom stereocenters. The third-order valence-electron chi connectivity index (χ3n) is 5.75. The van der Waals surface area contributed by atoms with Crippen LogP contribution in [-0.4, -0.2) is 36.7 Å². The van der Waals surface area contributed by atoms with Gasteiger partial charge in [-0.2, -0.15) is 0 Å². The van der Waals surface area contributed by atoms with Gasteiger partial charge in [-0.15, -0.1) is 0 Å². The number of carbonyl (C=O) groups excluding carboxylic acids is 1. The fraction of sp³-hybridized carbons (Fsp3) is 0.214. The number of fused-ring (bicyclic) bond motifs is 1. The molecule has 8 heteroatoms. The van der Waals surface area contributed by atoms with Gasteiger partial charge in [-0.05, 0) is 49.4 Å². The smallest absolute Gasteiger partial charge is 0.322 e. The minimum atomic E-state index is -0.382. The normalized spacial score (nSPS) is 10.6. The maximum absolute atomic E-state index is 13.5. The Hall–Kier alpha value is -4.46. The molecule has 8 nitrogen and oxygen atoms in total. The van der Waals surface area contributed by atoms with Crippen LogP contribution in [0.3, 0.4) is 0 Å². The molecule has 2 N–H and O–H groups in total. The molecule has 0 saturated carbocycles. The van der Waals surface area contributed by atoms with Crippen molar-refractivity contribution in [1.82, 2.24) is 9.88 Å². The van der Waals surface area contributed by atoms with Crippen molar-refractivity contribution in [2.24, 2.45) is 0 Å². The number of anilines is 1. The number of nitrogens with zero attached hydrogens (tertiary/aromatic N) is 1. The van der Waals surface area contributed by atoms with Crippen molar-refractivity contribution in [3.8, 4) is 17.2 Å². The van der Waals surface area contributed by atoms with Crippen molar-refractivity contribution in [3.63, 3.8) is 0 Å². The number of aromatic nitrogens is 1. The van der Waals surface area contributed by atoms with Crippen LogP contribution in [0.15, 0.2) is 77.6 Å². The van der Waals surface area contributed by atoms with Crippen LogP contribution in [-0.2, 0) is 13.1 Å². The first-order valence-corrected chi connectivity index (χ1v) is 11.6. The molecule has 2 amide bonds. The minimum Gasteiger partial charge on any atom is -0.496 e. The third-order valence-corrected chi connectivity index (χ3v) is 5.75. The minimum absolute atomic E-state index is 0.0726. The molecule has 1 heterocycles. The van der Waals surface area contributed by atoms with Crippen molar-refractivity contribution < 1.29 is 19.0 Å². The third kappa shape index (κ3) is 5.60. The monoisotopic (exact) mass is 487 g/mol. The number of nitrogens with one attached hydrogen (secondary N) is 2. The van der Waals surface area contributed by atoms with E-state index in [0.29, 0.717) is 40.6 Å². The highest BCUT2D eigenvalue weighted by molar-refractivity contribution is 5.91. The number of hydrogen-bond acceptors (Lipinski definition) is 5. The van der Waals surface area contributed by atoms with Crippen LogP contribution in [0.2, 0.25) is 0 Å². The van der Waals surface area contributed by atoms with Gasteiger partial charge in [0.25, 0.3) is 5.56 Å². The number of pyridine rings is 1. The number of ether oxygens (including phenoxy) is 3. The van der Waals surface area contributed by atoms with Crippen LogP contribution in [0.4, 0.5) is 10.5 Å². The van der Waals surface area contributed by atoms with Gasteiger partial charge in [0.2, 0.25) is 0 Å². The van der Waals surface area contributed by atoms with Gasteiger partial charge in [-0.1, -0.05) is 30.3 Å². The summed E-state index contributed by atoms with van der Waals surface area (Å²) in [4.78, 5) is 30.9. The van der Waals surface area contributed by atoms with Gasteiger partial charge in [0.05, 0.1) is 39.6 Å². The predicted molar refractivity (Wildman–Crippen MR) is 140 cm³/mol. The lowest BCUT2D eigenvalue weighted by molar-refractivity contribution is 0.205. The highest BCUT2D eigenvalue weighted by atomic mass is 16.5. The molecule has 0 unspecified atom stereocenters. The van der Waals surface area contributed by atoms with Crippen molar-refractivity contribution in [1.29, 1.82) is 0 Å². The van der Waals surface area contributed by atoms with E-state index in [1.807, 2.05) is 61.5 Å². The second kappa shape index (κ2) is 11.3. The van der Waals surface area contributed by atoms with Crippen molar-refractivity contribution in [2.75, 3.05) is 26.1 Å². The zero-order valence-corrected chi connectivity index (χ0v) is 20.5. The number of methoxy groups -OCH3 is 2. The van der Waals surface area contributed by atoms with Crippen LogP contribution < -0.4 is 25.1 Å². The topological polar surface area (TPSA) is 92.9 Å². The fourth-order valence-electron chi connectivity index (χ4n) is 3.99. The number of urea groups is 1. The van der Waals surface area contributed by atoms with Gasteiger partial charge < -0.3 is 29.4 Å². The standard InChI is InChI=1S/C28H29N3O5/c1-4-36-22-13-14-23-20(16-22)15-21(27(32)29-23)18-31(17-19-9-5-7-11-25(19)34-2)28(33)30-24-10-6-8-12-26(24)35-3/h5-16H,4,17-18H2,1-3H3,(H,29,32)(H,30,33). The van der Waals surface area contributed by atoms with E-state index in [2.05, 4.69) is 10.3 Å². The average Bonchev–Trinajstić information content (AvgIpc) is 2.89. The number of aromatic amines is 1. The Kier molecular flexibility index (Phi) is 7.75. The first-order chi connectivity index (χ1) is 17.5. The number of H-pyrrole nitrogens is 1. The van der Waals surface area contributed by atoms with Crippen LogP contribution in [0, 0.1) is 0 Å². The summed E-state index contributed by atoms with van der Waals surface area (Å²) in [6, 6.07) is 21.6. The molecule has 0 bridgehead atoms. The first kappa shape index (κ1) is 24.7. The highest BCUT2D eigenvalue weighted by Gasteiger charge is 2.20. The summed E-state index contributed by atoms with van der Waals surface area (Å²) in [5.74, 6) is 1.90. The largest absolute Gasteiger partial charge is 0.496 e. The number of amides is 2. The van der Waals surface area contributed by atoms with Gasteiger partial charge in [0, 0.05) is 22.0 Å². The summed E-state index contributed by atoms with van der Waals surface area (Å²) >= 11 is 0. The molecule has 0 radical (unpaired) electrons. The van der Waals surface area contributed by atoms with Crippen molar-refractivity contribution in [3.05, 3.63) is 94.3 Å². The molecule has 4 aromatic rings. The molecule has 0 aliphatic heterocycles. The maximum atomic E-state index is 13.5. The summed E-state index contributed by atoms with van der Waals surface area (Å²) in [7, 11) is 3.13. The van der Waals surface area contributed by atoms with Crippen molar-refractivity contribution >= 4 is 22.6 Å². The van der Waals surface area contributed by atoms with E-state index in [1.165, 1.54) is 0 Å². The Bertz CT molecular complexity index is 1420. The summed E-state index contributed by atoms with van der Waals surface area (Å²) in [6.45, 7) is 2.75. The summed E-state index contributed by atoms with van der Waals surface area (Å²) < 4.78 is 16.5. The molecule has 1 aromatic heterocycles. The lowest BCUT2D eigenvalue weighted by Gasteiger charge is -2.24. The second-order valence-electron chi connectivity index (χ2n) is 8.10. The summed E-state index contributed by atoms with van der Waals surface area (Å²) in [5.41, 5.74) is 2.22. The number of carbonyl (C=O) groups is 1. The number of hydrogen-bond donors (Lipinski definition) is 2. The van der Waals surface area contributed by atoms with E-state index >= 15 is 0 Å². The van der Waals surface area contributed by atoms with E-state index < -0.39 is 0 Å². The van der Waals surface area contributed by atoms with E-state index in [-0.39, 0.29) is 24.7 Å². The van der Waals surface area contributed by atoms with Crippen LogP contribution >= 0.6 is 0 Å². The van der Waals surface area contributed by atoms with Gasteiger partial charge in [-0.25, -0.2) is 4.79 Å². The lowest BCUT2D eigenvalue weighted by Crippen LogP contribution is -2.36. The summed E-state index contributed by atoms with van der Waals surface area (Å²) in [6.07, 6.45) is 0. The zero-order chi connectivity index (χ0) is 25.5. The Labute approximate surface area is 209 Å². The summed E-state index contributed by atoms with van der Waals surface area (Å²) in [5, 5.41) is 3.73. The molecule has 4 rings (SSSR count). The van der Waals surface area contributed by atoms with Crippen LogP contribution in [0.1, 0.15) is 18.1 Å². The maximum Gasteiger partial charge on any atom is 0.322 e. The lowest BCUT2D eigenvalue weighted by atomic mass is 10.1. The predicted octanol–water partition coefficient (Wildman–Crippen LogP) is 5.18. The van der Waals surface area contributed by atoms with Crippen molar-refractivity contribution in [2.45, 2.75) is 20.0 Å². The Morgan fingerprint density at radius 1 is 0.889 bits per heavy atom. The molecule has 186 valence electrons. The van der Waals surface area contributed by atoms with Gasteiger partial charge >= 0.3 is 6.03 Å². The van der Waals surface area contributed by atoms with Gasteiger partial charge in [0.1, 0.15) is 17.2 Å². The Morgan fingerprint density at radius 3 is 2.33 bits per heavy atom. The quantitative estimate of drug-likeness (QED) is 0.339. The Balaban J connectivity index is 1.69. The molecule has 3 aromatic carbocycles. The van der Waals surface area contributed by atoms with E-state index in [0.717, 1.165) is 10.9 Å². The number of para-hydroxylation sites is 3. The molecule has 0 saturated heterocycles. The van der Waals surface area contributed by atoms with Crippen LogP contribution in [0.25, 0.3) is 10.9 Å². The molecule has 0 aliphatic carbocycles. The van der Waals surface area contributed by atoms with E-state index in [9.17, 15) is 9.59 Å². The Morgan fingerprint density at radius 2 is 1.58 bits per heavy atom. The van der Waals surface area contributed by atoms with E-state index in [4.69, 9.17) is 14.2 Å². The molecular formula is C28H29N3O5. The second-order valence-corrected chi connectivity index (χ2v) is 8.10. The fourth-order valence-corrected chi connectivity index (χ4v) is 3.99. The molecule has 0 fully saturated rings. The van der Waals surface area contributed by atoms with E-state index in [1.54, 1.807) is 37.3 Å². The molecule has 0 spiro atoms. The van der Waals surface area contributed by atoms with Gasteiger partial charge in [-0.3, -0.25) is 4.79 Å². The zero-order valence-electron chi connectivity index (χ0n) is 20.5.